The fraction of sp³-hybridized carbons (Fsp3) is 0.538. The second-order valence-corrected chi connectivity index (χ2v) is 5.76. The standard InChI is InChI=1S/C13H18BrFN2/c1-9(2)16-11-5-6-17(8-11)13-7-10(14)3-4-12(13)15/h3-4,7,9,11,16H,5-6,8H2,1-2H3. The van der Waals surface area contributed by atoms with Crippen LogP contribution in [0.4, 0.5) is 10.1 Å². The van der Waals surface area contributed by atoms with Gasteiger partial charge in [0.1, 0.15) is 5.82 Å². The van der Waals surface area contributed by atoms with Crippen LogP contribution in [0, 0.1) is 5.82 Å². The van der Waals surface area contributed by atoms with E-state index in [1.165, 1.54) is 6.07 Å². The fourth-order valence-corrected chi connectivity index (χ4v) is 2.66. The number of hydrogen-bond acceptors (Lipinski definition) is 2. The lowest BCUT2D eigenvalue weighted by molar-refractivity contribution is 0.491. The van der Waals surface area contributed by atoms with Crippen molar-refractivity contribution in [2.45, 2.75) is 32.4 Å². The first kappa shape index (κ1) is 12.8. The van der Waals surface area contributed by atoms with Crippen LogP contribution in [0.3, 0.4) is 0 Å². The van der Waals surface area contributed by atoms with Gasteiger partial charge in [0.25, 0.3) is 0 Å². The quantitative estimate of drug-likeness (QED) is 0.922. The smallest absolute Gasteiger partial charge is 0.146 e. The number of rotatable bonds is 3. The molecule has 0 saturated carbocycles. The Morgan fingerprint density at radius 1 is 1.47 bits per heavy atom. The van der Waals surface area contributed by atoms with Crippen LogP contribution in [0.2, 0.25) is 0 Å². The first-order valence-corrected chi connectivity index (χ1v) is 6.81. The minimum absolute atomic E-state index is 0.140. The third-order valence-corrected chi connectivity index (χ3v) is 3.50. The van der Waals surface area contributed by atoms with Gasteiger partial charge in [-0.1, -0.05) is 29.8 Å². The van der Waals surface area contributed by atoms with E-state index in [-0.39, 0.29) is 5.82 Å². The molecule has 1 aliphatic rings. The topological polar surface area (TPSA) is 15.3 Å². The van der Waals surface area contributed by atoms with Crippen molar-refractivity contribution in [2.75, 3.05) is 18.0 Å². The summed E-state index contributed by atoms with van der Waals surface area (Å²) in [5, 5.41) is 3.50. The molecule has 1 heterocycles. The summed E-state index contributed by atoms with van der Waals surface area (Å²) in [6, 6.07) is 6.05. The van der Waals surface area contributed by atoms with E-state index >= 15 is 0 Å². The predicted molar refractivity (Wildman–Crippen MR) is 73.0 cm³/mol. The van der Waals surface area contributed by atoms with Crippen molar-refractivity contribution in [3.63, 3.8) is 0 Å². The second kappa shape index (κ2) is 5.36. The minimum atomic E-state index is -0.140. The zero-order valence-corrected chi connectivity index (χ0v) is 11.8. The third-order valence-electron chi connectivity index (χ3n) is 3.01. The highest BCUT2D eigenvalue weighted by Gasteiger charge is 2.24. The van der Waals surface area contributed by atoms with Gasteiger partial charge >= 0.3 is 0 Å². The van der Waals surface area contributed by atoms with E-state index in [9.17, 15) is 4.39 Å². The van der Waals surface area contributed by atoms with E-state index in [2.05, 4.69) is 40.0 Å². The Morgan fingerprint density at radius 2 is 2.24 bits per heavy atom. The highest BCUT2D eigenvalue weighted by atomic mass is 79.9. The lowest BCUT2D eigenvalue weighted by Crippen LogP contribution is -2.37. The summed E-state index contributed by atoms with van der Waals surface area (Å²) in [5.74, 6) is -0.140. The van der Waals surface area contributed by atoms with Crippen molar-refractivity contribution in [2.24, 2.45) is 0 Å². The summed E-state index contributed by atoms with van der Waals surface area (Å²) >= 11 is 3.39. The Balaban J connectivity index is 2.07. The number of anilines is 1. The van der Waals surface area contributed by atoms with E-state index in [4.69, 9.17) is 0 Å². The molecule has 0 aromatic heterocycles. The molecule has 1 aromatic carbocycles. The molecule has 0 aliphatic carbocycles. The number of nitrogens with zero attached hydrogens (tertiary/aromatic N) is 1. The summed E-state index contributed by atoms with van der Waals surface area (Å²) in [6.45, 7) is 6.08. The molecule has 0 bridgehead atoms. The van der Waals surface area contributed by atoms with Crippen molar-refractivity contribution in [3.05, 3.63) is 28.5 Å². The Hall–Kier alpha value is -0.610. The molecular weight excluding hydrogens is 283 g/mol. The van der Waals surface area contributed by atoms with Gasteiger partial charge in [-0.2, -0.15) is 0 Å². The van der Waals surface area contributed by atoms with Gasteiger partial charge in [-0.25, -0.2) is 4.39 Å². The Morgan fingerprint density at radius 3 is 2.94 bits per heavy atom. The normalized spacial score (nSPS) is 20.3. The van der Waals surface area contributed by atoms with Gasteiger partial charge in [-0.05, 0) is 24.6 Å². The molecule has 1 saturated heterocycles. The van der Waals surface area contributed by atoms with Crippen LogP contribution in [-0.4, -0.2) is 25.2 Å². The molecule has 0 radical (unpaired) electrons. The number of nitrogens with one attached hydrogen (secondary N) is 1. The average molecular weight is 301 g/mol. The summed E-state index contributed by atoms with van der Waals surface area (Å²) in [4.78, 5) is 2.11. The Bertz CT molecular complexity index is 395. The third kappa shape index (κ3) is 3.19. The molecular formula is C13H18BrFN2. The van der Waals surface area contributed by atoms with Crippen LogP contribution in [-0.2, 0) is 0 Å². The number of hydrogen-bond donors (Lipinski definition) is 1. The van der Waals surface area contributed by atoms with E-state index < -0.39 is 0 Å². The Kier molecular flexibility index (Phi) is 4.05. The van der Waals surface area contributed by atoms with Crippen molar-refractivity contribution in [3.8, 4) is 0 Å². The van der Waals surface area contributed by atoms with Gasteiger partial charge in [-0.15, -0.1) is 0 Å². The highest BCUT2D eigenvalue weighted by Crippen LogP contribution is 2.27. The summed E-state index contributed by atoms with van der Waals surface area (Å²) in [7, 11) is 0. The molecule has 1 atom stereocenters. The van der Waals surface area contributed by atoms with Gasteiger partial charge in [0.15, 0.2) is 0 Å². The van der Waals surface area contributed by atoms with Gasteiger partial charge < -0.3 is 10.2 Å². The summed E-state index contributed by atoms with van der Waals surface area (Å²) in [5.41, 5.74) is 0.701. The van der Waals surface area contributed by atoms with E-state index in [1.54, 1.807) is 6.07 Å². The van der Waals surface area contributed by atoms with Crippen LogP contribution >= 0.6 is 15.9 Å². The largest absolute Gasteiger partial charge is 0.368 e. The molecule has 0 amide bonds. The van der Waals surface area contributed by atoms with Crippen molar-refractivity contribution in [1.29, 1.82) is 0 Å². The molecule has 1 aliphatic heterocycles. The maximum absolute atomic E-state index is 13.7. The maximum Gasteiger partial charge on any atom is 0.146 e. The van der Waals surface area contributed by atoms with Gasteiger partial charge in [0.05, 0.1) is 5.69 Å². The molecule has 2 nitrogen and oxygen atoms in total. The highest BCUT2D eigenvalue weighted by molar-refractivity contribution is 9.10. The van der Waals surface area contributed by atoms with E-state index in [0.29, 0.717) is 17.8 Å². The molecule has 17 heavy (non-hydrogen) atoms. The van der Waals surface area contributed by atoms with Gasteiger partial charge in [-0.3, -0.25) is 0 Å². The fourth-order valence-electron chi connectivity index (χ4n) is 2.31. The minimum Gasteiger partial charge on any atom is -0.368 e. The van der Waals surface area contributed by atoms with Crippen LogP contribution in [0.5, 0.6) is 0 Å². The molecule has 1 aromatic rings. The van der Waals surface area contributed by atoms with Crippen molar-refractivity contribution >= 4 is 21.6 Å². The number of benzene rings is 1. The van der Waals surface area contributed by atoms with Crippen LogP contribution in [0.15, 0.2) is 22.7 Å². The Labute approximate surface area is 110 Å². The van der Waals surface area contributed by atoms with Gasteiger partial charge in [0, 0.05) is 29.6 Å². The zero-order chi connectivity index (χ0) is 12.4. The van der Waals surface area contributed by atoms with Crippen LogP contribution in [0.1, 0.15) is 20.3 Å². The van der Waals surface area contributed by atoms with Crippen molar-refractivity contribution < 1.29 is 4.39 Å². The van der Waals surface area contributed by atoms with Crippen LogP contribution in [0.25, 0.3) is 0 Å². The molecule has 1 unspecified atom stereocenters. The van der Waals surface area contributed by atoms with Crippen molar-refractivity contribution in [1.82, 2.24) is 5.32 Å². The second-order valence-electron chi connectivity index (χ2n) is 4.85. The van der Waals surface area contributed by atoms with E-state index in [1.807, 2.05) is 6.07 Å². The molecule has 1 N–H and O–H groups in total. The molecule has 0 spiro atoms. The summed E-state index contributed by atoms with van der Waals surface area (Å²) in [6.07, 6.45) is 1.07. The maximum atomic E-state index is 13.7. The zero-order valence-electron chi connectivity index (χ0n) is 10.2. The molecule has 4 heteroatoms. The first-order valence-electron chi connectivity index (χ1n) is 6.02. The lowest BCUT2D eigenvalue weighted by Gasteiger charge is -2.21. The molecule has 94 valence electrons. The molecule has 2 rings (SSSR count). The van der Waals surface area contributed by atoms with Gasteiger partial charge in [0.2, 0.25) is 0 Å². The number of halogens is 2. The first-order chi connectivity index (χ1) is 8.06. The molecule has 1 fully saturated rings. The SMILES string of the molecule is CC(C)NC1CCN(c2cc(Br)ccc2F)C1. The predicted octanol–water partition coefficient (Wildman–Crippen LogP) is 3.16. The lowest BCUT2D eigenvalue weighted by atomic mass is 10.2. The summed E-state index contributed by atoms with van der Waals surface area (Å²) < 4.78 is 14.7. The average Bonchev–Trinajstić information content (AvgIpc) is 2.69. The van der Waals surface area contributed by atoms with Crippen LogP contribution < -0.4 is 10.2 Å². The monoisotopic (exact) mass is 300 g/mol. The van der Waals surface area contributed by atoms with E-state index in [0.717, 1.165) is 24.0 Å².